The lowest BCUT2D eigenvalue weighted by Crippen LogP contribution is -2.36. The van der Waals surface area contributed by atoms with Crippen LogP contribution in [0.5, 0.6) is 0 Å². The molecule has 1 aliphatic carbocycles. The van der Waals surface area contributed by atoms with Crippen molar-refractivity contribution in [2.45, 2.75) is 44.4 Å². The van der Waals surface area contributed by atoms with Gasteiger partial charge in [-0.05, 0) is 37.3 Å². The molecule has 0 amide bonds. The minimum absolute atomic E-state index is 0.230. The molecule has 0 bridgehead atoms. The average molecular weight is 375 g/mol. The fourth-order valence-corrected chi connectivity index (χ4v) is 6.15. The highest BCUT2D eigenvalue weighted by Crippen LogP contribution is 2.50. The molecule has 0 radical (unpaired) electrons. The predicted molar refractivity (Wildman–Crippen MR) is 99.0 cm³/mol. The molecule has 2 fully saturated rings. The standard InChI is InChI=1S/C19H25N3O3S/c1-2-3-12-26(23,24)22-13-16-10-7-11-19(16,14-22)18-20-17(25-21-18)15-8-5-4-6-9-15/h4-6,8-9,16H,2-3,7,10-14H2,1H3. The van der Waals surface area contributed by atoms with Crippen molar-refractivity contribution >= 4 is 10.0 Å². The van der Waals surface area contributed by atoms with Crippen LogP contribution in [0.25, 0.3) is 11.5 Å². The number of sulfonamides is 1. The van der Waals surface area contributed by atoms with Crippen molar-refractivity contribution in [2.24, 2.45) is 5.92 Å². The predicted octanol–water partition coefficient (Wildman–Crippen LogP) is 3.22. The van der Waals surface area contributed by atoms with Crippen LogP contribution in [0.15, 0.2) is 34.9 Å². The van der Waals surface area contributed by atoms with Crippen molar-refractivity contribution in [3.8, 4) is 11.5 Å². The number of hydrogen-bond donors (Lipinski definition) is 0. The van der Waals surface area contributed by atoms with Gasteiger partial charge < -0.3 is 4.52 Å². The van der Waals surface area contributed by atoms with Crippen molar-refractivity contribution in [1.82, 2.24) is 14.4 Å². The van der Waals surface area contributed by atoms with E-state index < -0.39 is 10.0 Å². The third kappa shape index (κ3) is 2.97. The van der Waals surface area contributed by atoms with Crippen LogP contribution < -0.4 is 0 Å². The molecule has 26 heavy (non-hydrogen) atoms. The van der Waals surface area contributed by atoms with E-state index in [-0.39, 0.29) is 17.1 Å². The quantitative estimate of drug-likeness (QED) is 0.775. The minimum Gasteiger partial charge on any atom is -0.334 e. The Labute approximate surface area is 154 Å². The highest BCUT2D eigenvalue weighted by molar-refractivity contribution is 7.89. The molecule has 2 heterocycles. The van der Waals surface area contributed by atoms with Crippen molar-refractivity contribution in [2.75, 3.05) is 18.8 Å². The molecule has 4 rings (SSSR count). The van der Waals surface area contributed by atoms with Crippen LogP contribution in [0.3, 0.4) is 0 Å². The summed E-state index contributed by atoms with van der Waals surface area (Å²) < 4.78 is 32.6. The summed E-state index contributed by atoms with van der Waals surface area (Å²) in [5.74, 6) is 1.69. The zero-order chi connectivity index (χ0) is 18.2. The van der Waals surface area contributed by atoms with E-state index in [1.54, 1.807) is 4.31 Å². The molecule has 2 unspecified atom stereocenters. The molecule has 7 heteroatoms. The summed E-state index contributed by atoms with van der Waals surface area (Å²) in [6.07, 6.45) is 4.62. The SMILES string of the molecule is CCCCS(=O)(=O)N1CC2CCCC2(c2noc(-c3ccccc3)n2)C1. The number of benzene rings is 1. The number of fused-ring (bicyclic) bond motifs is 1. The normalized spacial score (nSPS) is 26.3. The zero-order valence-electron chi connectivity index (χ0n) is 15.1. The molecule has 2 atom stereocenters. The van der Waals surface area contributed by atoms with Gasteiger partial charge >= 0.3 is 0 Å². The third-order valence-electron chi connectivity index (χ3n) is 5.88. The molecule has 140 valence electrons. The Morgan fingerprint density at radius 2 is 2.12 bits per heavy atom. The van der Waals surface area contributed by atoms with Crippen molar-refractivity contribution in [3.05, 3.63) is 36.2 Å². The van der Waals surface area contributed by atoms with Gasteiger partial charge in [0.2, 0.25) is 10.0 Å². The molecule has 1 saturated heterocycles. The molecule has 0 N–H and O–H groups in total. The third-order valence-corrected chi connectivity index (χ3v) is 7.75. The van der Waals surface area contributed by atoms with E-state index in [0.717, 1.165) is 31.2 Å². The van der Waals surface area contributed by atoms with Crippen molar-refractivity contribution in [3.63, 3.8) is 0 Å². The number of nitrogens with zero attached hydrogens (tertiary/aromatic N) is 3. The molecule has 1 aromatic carbocycles. The molecule has 0 spiro atoms. The van der Waals surface area contributed by atoms with Gasteiger partial charge in [0, 0.05) is 18.7 Å². The number of rotatable bonds is 6. The molecule has 1 saturated carbocycles. The van der Waals surface area contributed by atoms with E-state index in [0.29, 0.717) is 31.2 Å². The smallest absolute Gasteiger partial charge is 0.257 e. The molecular weight excluding hydrogens is 350 g/mol. The first-order chi connectivity index (χ1) is 12.5. The lowest BCUT2D eigenvalue weighted by atomic mass is 9.80. The fourth-order valence-electron chi connectivity index (χ4n) is 4.40. The maximum atomic E-state index is 12.7. The summed E-state index contributed by atoms with van der Waals surface area (Å²) in [4.78, 5) is 4.68. The van der Waals surface area contributed by atoms with Gasteiger partial charge in [-0.25, -0.2) is 12.7 Å². The second-order valence-corrected chi connectivity index (χ2v) is 9.59. The van der Waals surface area contributed by atoms with Crippen LogP contribution in [-0.2, 0) is 15.4 Å². The van der Waals surface area contributed by atoms with Gasteiger partial charge in [0.25, 0.3) is 5.89 Å². The maximum Gasteiger partial charge on any atom is 0.257 e. The van der Waals surface area contributed by atoms with E-state index >= 15 is 0 Å². The Morgan fingerprint density at radius 3 is 2.88 bits per heavy atom. The second kappa shape index (κ2) is 6.78. The highest BCUT2D eigenvalue weighted by Gasteiger charge is 2.55. The summed E-state index contributed by atoms with van der Waals surface area (Å²) in [7, 11) is -3.21. The topological polar surface area (TPSA) is 76.3 Å². The summed E-state index contributed by atoms with van der Waals surface area (Å²) in [6, 6.07) is 9.71. The first-order valence-electron chi connectivity index (χ1n) is 9.42. The zero-order valence-corrected chi connectivity index (χ0v) is 15.9. The first kappa shape index (κ1) is 17.7. The number of aromatic nitrogens is 2. The average Bonchev–Trinajstić information content (AvgIpc) is 3.34. The Hall–Kier alpha value is -1.73. The van der Waals surface area contributed by atoms with E-state index in [1.165, 1.54) is 0 Å². The van der Waals surface area contributed by atoms with Gasteiger partial charge in [-0.1, -0.05) is 43.1 Å². The Morgan fingerprint density at radius 1 is 1.31 bits per heavy atom. The lowest BCUT2D eigenvalue weighted by molar-refractivity contribution is 0.340. The minimum atomic E-state index is -3.21. The first-order valence-corrected chi connectivity index (χ1v) is 11.0. The Bertz CT molecular complexity index is 865. The van der Waals surface area contributed by atoms with Crippen molar-refractivity contribution in [1.29, 1.82) is 0 Å². The molecule has 6 nitrogen and oxygen atoms in total. The van der Waals surface area contributed by atoms with E-state index in [2.05, 4.69) is 10.1 Å². The van der Waals surface area contributed by atoms with Crippen LogP contribution in [0.4, 0.5) is 0 Å². The number of hydrogen-bond acceptors (Lipinski definition) is 5. The highest BCUT2D eigenvalue weighted by atomic mass is 32.2. The Kier molecular flexibility index (Phi) is 4.61. The van der Waals surface area contributed by atoms with Crippen LogP contribution in [-0.4, -0.2) is 41.7 Å². The van der Waals surface area contributed by atoms with Gasteiger partial charge in [-0.3, -0.25) is 0 Å². The summed E-state index contributed by atoms with van der Waals surface area (Å²) in [6.45, 7) is 3.08. The van der Waals surface area contributed by atoms with Gasteiger partial charge in [-0.2, -0.15) is 4.98 Å². The lowest BCUT2D eigenvalue weighted by Gasteiger charge is -2.24. The van der Waals surface area contributed by atoms with Crippen LogP contribution in [0, 0.1) is 5.92 Å². The van der Waals surface area contributed by atoms with Gasteiger partial charge in [0.05, 0.1) is 11.2 Å². The fraction of sp³-hybridized carbons (Fsp3) is 0.579. The summed E-state index contributed by atoms with van der Waals surface area (Å²) in [5, 5.41) is 4.28. The van der Waals surface area contributed by atoms with Gasteiger partial charge in [0.1, 0.15) is 0 Å². The molecular formula is C19H25N3O3S. The van der Waals surface area contributed by atoms with Crippen LogP contribution in [0.2, 0.25) is 0 Å². The summed E-state index contributed by atoms with van der Waals surface area (Å²) >= 11 is 0. The van der Waals surface area contributed by atoms with E-state index in [4.69, 9.17) is 4.52 Å². The van der Waals surface area contributed by atoms with Crippen LogP contribution in [0.1, 0.15) is 44.9 Å². The molecule has 2 aromatic rings. The van der Waals surface area contributed by atoms with Gasteiger partial charge in [-0.15, -0.1) is 0 Å². The van der Waals surface area contributed by atoms with Crippen molar-refractivity contribution < 1.29 is 12.9 Å². The maximum absolute atomic E-state index is 12.7. The summed E-state index contributed by atoms with van der Waals surface area (Å²) in [5.41, 5.74) is 0.595. The second-order valence-electron chi connectivity index (χ2n) is 7.50. The molecule has 2 aliphatic rings. The molecule has 1 aromatic heterocycles. The van der Waals surface area contributed by atoms with E-state index in [9.17, 15) is 8.42 Å². The largest absolute Gasteiger partial charge is 0.334 e. The Balaban J connectivity index is 1.62. The monoisotopic (exact) mass is 375 g/mol. The molecule has 1 aliphatic heterocycles. The number of unbranched alkanes of at least 4 members (excludes halogenated alkanes) is 1. The van der Waals surface area contributed by atoms with Gasteiger partial charge in [0.15, 0.2) is 5.82 Å². The van der Waals surface area contributed by atoms with Crippen LogP contribution >= 0.6 is 0 Å². The van der Waals surface area contributed by atoms with E-state index in [1.807, 2.05) is 37.3 Å².